The van der Waals surface area contributed by atoms with Gasteiger partial charge in [-0.25, -0.2) is 9.78 Å². The summed E-state index contributed by atoms with van der Waals surface area (Å²) in [5, 5.41) is 3.00. The van der Waals surface area contributed by atoms with Gasteiger partial charge in [0, 0.05) is 31.7 Å². The van der Waals surface area contributed by atoms with Gasteiger partial charge in [0.25, 0.3) is 0 Å². The van der Waals surface area contributed by atoms with Crippen molar-refractivity contribution in [3.8, 4) is 17.4 Å². The number of nitrogens with zero attached hydrogens (tertiary/aromatic N) is 4. The van der Waals surface area contributed by atoms with Crippen LogP contribution in [0.1, 0.15) is 36.6 Å². The van der Waals surface area contributed by atoms with Crippen molar-refractivity contribution < 1.29 is 14.3 Å². The lowest BCUT2D eigenvalue weighted by Gasteiger charge is -2.33. The van der Waals surface area contributed by atoms with Crippen LogP contribution >= 0.6 is 0 Å². The molecule has 0 spiro atoms. The third kappa shape index (κ3) is 5.37. The predicted molar refractivity (Wildman–Crippen MR) is 140 cm³/mol. The summed E-state index contributed by atoms with van der Waals surface area (Å²) in [5.41, 5.74) is 3.72. The minimum absolute atomic E-state index is 0.144. The number of aromatic nitrogens is 2. The zero-order valence-electron chi connectivity index (χ0n) is 21.2. The molecule has 2 aliphatic rings. The number of hydrogen-bond donors (Lipinski definition) is 1. The SMILES string of the molecule is COc1ccc(Oc2nc(N3CCC(C)CC3)nc3c2CN(C(=O)Nc2ccc(C)cc2)CC3)cc1. The molecule has 36 heavy (non-hydrogen) atoms. The van der Waals surface area contributed by atoms with Gasteiger partial charge in [-0.2, -0.15) is 4.98 Å². The van der Waals surface area contributed by atoms with Crippen LogP contribution in [-0.4, -0.2) is 47.6 Å². The third-order valence-electron chi connectivity index (χ3n) is 6.94. The van der Waals surface area contributed by atoms with Gasteiger partial charge in [-0.15, -0.1) is 0 Å². The second-order valence-electron chi connectivity index (χ2n) is 9.67. The van der Waals surface area contributed by atoms with Crippen LogP contribution in [0.2, 0.25) is 0 Å². The molecular weight excluding hydrogens is 454 g/mol. The number of rotatable bonds is 5. The lowest BCUT2D eigenvalue weighted by atomic mass is 9.99. The summed E-state index contributed by atoms with van der Waals surface area (Å²) in [6.07, 6.45) is 2.90. The van der Waals surface area contributed by atoms with Crippen LogP contribution in [0.15, 0.2) is 48.5 Å². The van der Waals surface area contributed by atoms with Crippen LogP contribution in [0.5, 0.6) is 17.4 Å². The highest BCUT2D eigenvalue weighted by molar-refractivity contribution is 5.89. The molecule has 2 aliphatic heterocycles. The van der Waals surface area contributed by atoms with Crippen LogP contribution in [0.3, 0.4) is 0 Å². The van der Waals surface area contributed by atoms with Gasteiger partial charge in [0.15, 0.2) is 0 Å². The molecule has 1 saturated heterocycles. The molecule has 0 saturated carbocycles. The summed E-state index contributed by atoms with van der Waals surface area (Å²) in [6.45, 7) is 7.16. The van der Waals surface area contributed by atoms with Crippen LogP contribution in [0.25, 0.3) is 0 Å². The van der Waals surface area contributed by atoms with Crippen molar-refractivity contribution in [3.63, 3.8) is 0 Å². The van der Waals surface area contributed by atoms with Crippen molar-refractivity contribution in [2.45, 2.75) is 39.7 Å². The molecule has 1 fully saturated rings. The highest BCUT2D eigenvalue weighted by atomic mass is 16.5. The van der Waals surface area contributed by atoms with Crippen molar-refractivity contribution >= 4 is 17.7 Å². The number of anilines is 2. The molecule has 0 aliphatic carbocycles. The summed E-state index contributed by atoms with van der Waals surface area (Å²) in [6, 6.07) is 15.1. The Hall–Kier alpha value is -3.81. The Morgan fingerprint density at radius 3 is 2.36 bits per heavy atom. The van der Waals surface area contributed by atoms with E-state index in [2.05, 4.69) is 17.1 Å². The summed E-state index contributed by atoms with van der Waals surface area (Å²) < 4.78 is 11.6. The number of ether oxygens (including phenoxy) is 2. The monoisotopic (exact) mass is 487 g/mol. The fourth-order valence-corrected chi connectivity index (χ4v) is 4.57. The van der Waals surface area contributed by atoms with E-state index >= 15 is 0 Å². The predicted octanol–water partition coefficient (Wildman–Crippen LogP) is 5.41. The van der Waals surface area contributed by atoms with E-state index in [0.717, 1.165) is 60.1 Å². The first-order valence-electron chi connectivity index (χ1n) is 12.6. The second kappa shape index (κ2) is 10.4. The van der Waals surface area contributed by atoms with Crippen LogP contribution in [-0.2, 0) is 13.0 Å². The Balaban J connectivity index is 1.41. The Bertz CT molecular complexity index is 1210. The van der Waals surface area contributed by atoms with Crippen molar-refractivity contribution in [1.82, 2.24) is 14.9 Å². The third-order valence-corrected chi connectivity index (χ3v) is 6.94. The number of nitrogens with one attached hydrogen (secondary N) is 1. The molecule has 188 valence electrons. The number of fused-ring (bicyclic) bond motifs is 1. The average Bonchev–Trinajstić information content (AvgIpc) is 2.90. The zero-order valence-corrected chi connectivity index (χ0v) is 21.2. The molecule has 1 N–H and O–H groups in total. The molecule has 8 heteroatoms. The van der Waals surface area contributed by atoms with E-state index in [1.807, 2.05) is 55.5 Å². The Labute approximate surface area is 212 Å². The maximum Gasteiger partial charge on any atom is 0.322 e. The minimum atomic E-state index is -0.144. The summed E-state index contributed by atoms with van der Waals surface area (Å²) in [5.74, 6) is 3.35. The summed E-state index contributed by atoms with van der Waals surface area (Å²) in [7, 11) is 1.64. The van der Waals surface area contributed by atoms with Gasteiger partial charge in [-0.3, -0.25) is 0 Å². The molecular formula is C28H33N5O3. The Morgan fingerprint density at radius 2 is 1.67 bits per heavy atom. The Kier molecular flexibility index (Phi) is 6.93. The van der Waals surface area contributed by atoms with Crippen LogP contribution in [0.4, 0.5) is 16.4 Å². The number of carbonyl (C=O) groups excluding carboxylic acids is 1. The average molecular weight is 488 g/mol. The number of hydrogen-bond acceptors (Lipinski definition) is 6. The van der Waals surface area contributed by atoms with Gasteiger partial charge in [0.1, 0.15) is 11.5 Å². The molecule has 0 atom stereocenters. The number of benzene rings is 2. The largest absolute Gasteiger partial charge is 0.497 e. The molecule has 2 aromatic carbocycles. The molecule has 0 unspecified atom stereocenters. The number of aryl methyl sites for hydroxylation is 1. The lowest BCUT2D eigenvalue weighted by molar-refractivity contribution is 0.205. The maximum atomic E-state index is 13.1. The van der Waals surface area contributed by atoms with E-state index < -0.39 is 0 Å². The number of amides is 2. The van der Waals surface area contributed by atoms with Crippen molar-refractivity contribution in [2.24, 2.45) is 5.92 Å². The maximum absolute atomic E-state index is 13.1. The molecule has 1 aromatic heterocycles. The minimum Gasteiger partial charge on any atom is -0.497 e. The Morgan fingerprint density at radius 1 is 0.972 bits per heavy atom. The smallest absolute Gasteiger partial charge is 0.322 e. The topological polar surface area (TPSA) is 79.8 Å². The van der Waals surface area contributed by atoms with E-state index in [4.69, 9.17) is 19.4 Å². The molecule has 2 amide bonds. The molecule has 0 bridgehead atoms. The molecule has 8 nitrogen and oxygen atoms in total. The number of carbonyl (C=O) groups is 1. The molecule has 5 rings (SSSR count). The standard InChI is InChI=1S/C28H33N5O3/c1-19-4-6-21(7-5-19)29-28(34)33-17-14-25-24(18-33)26(36-23-10-8-22(35-3)9-11-23)31-27(30-25)32-15-12-20(2)13-16-32/h4-11,20H,12-18H2,1-3H3,(H,29,34). The van der Waals surface area contributed by atoms with Crippen molar-refractivity contribution in [1.29, 1.82) is 0 Å². The first-order valence-corrected chi connectivity index (χ1v) is 12.6. The first-order chi connectivity index (χ1) is 17.5. The van der Waals surface area contributed by atoms with Gasteiger partial charge < -0.3 is 24.6 Å². The van der Waals surface area contributed by atoms with Gasteiger partial charge in [0.05, 0.1) is 24.9 Å². The van der Waals surface area contributed by atoms with E-state index in [1.54, 1.807) is 12.0 Å². The molecule has 3 aromatic rings. The summed E-state index contributed by atoms with van der Waals surface area (Å²) in [4.78, 5) is 26.9. The van der Waals surface area contributed by atoms with Crippen molar-refractivity contribution in [3.05, 3.63) is 65.4 Å². The zero-order chi connectivity index (χ0) is 25.1. The van der Waals surface area contributed by atoms with Gasteiger partial charge in [0.2, 0.25) is 11.8 Å². The quantitative estimate of drug-likeness (QED) is 0.518. The van der Waals surface area contributed by atoms with Crippen LogP contribution < -0.4 is 19.7 Å². The van der Waals surface area contributed by atoms with Crippen LogP contribution in [0, 0.1) is 12.8 Å². The number of urea groups is 1. The van der Waals surface area contributed by atoms with Gasteiger partial charge >= 0.3 is 6.03 Å². The van der Waals surface area contributed by atoms with Gasteiger partial charge in [-0.1, -0.05) is 24.6 Å². The number of methoxy groups -OCH3 is 1. The highest BCUT2D eigenvalue weighted by Gasteiger charge is 2.28. The van der Waals surface area contributed by atoms with Crippen molar-refractivity contribution in [2.75, 3.05) is 37.0 Å². The first kappa shape index (κ1) is 23.9. The molecule has 0 radical (unpaired) electrons. The highest BCUT2D eigenvalue weighted by Crippen LogP contribution is 2.33. The summed E-state index contributed by atoms with van der Waals surface area (Å²) >= 11 is 0. The van der Waals surface area contributed by atoms with E-state index in [9.17, 15) is 4.79 Å². The lowest BCUT2D eigenvalue weighted by Crippen LogP contribution is -2.40. The fraction of sp³-hybridized carbons (Fsp3) is 0.393. The second-order valence-corrected chi connectivity index (χ2v) is 9.67. The van der Waals surface area contributed by atoms with E-state index in [1.165, 1.54) is 0 Å². The van der Waals surface area contributed by atoms with Gasteiger partial charge in [-0.05, 0) is 62.1 Å². The number of piperidine rings is 1. The fourth-order valence-electron chi connectivity index (χ4n) is 4.57. The van der Waals surface area contributed by atoms with E-state index in [-0.39, 0.29) is 6.03 Å². The normalized spacial score (nSPS) is 15.9. The van der Waals surface area contributed by atoms with E-state index in [0.29, 0.717) is 37.1 Å². The molecule has 3 heterocycles.